The molecule has 10 heteroatoms. The van der Waals surface area contributed by atoms with Crippen LogP contribution in [0.3, 0.4) is 0 Å². The summed E-state index contributed by atoms with van der Waals surface area (Å²) in [5, 5.41) is 4.51. The molecule has 28 heavy (non-hydrogen) atoms. The summed E-state index contributed by atoms with van der Waals surface area (Å²) in [7, 11) is 2.69. The molecule has 0 aliphatic heterocycles. The van der Waals surface area contributed by atoms with Gasteiger partial charge >= 0.3 is 5.97 Å². The third-order valence-electron chi connectivity index (χ3n) is 3.98. The number of nitrogens with one attached hydrogen (secondary N) is 1. The summed E-state index contributed by atoms with van der Waals surface area (Å²) >= 11 is 8.40. The van der Waals surface area contributed by atoms with Crippen molar-refractivity contribution in [2.24, 2.45) is 0 Å². The van der Waals surface area contributed by atoms with Crippen molar-refractivity contribution in [1.82, 2.24) is 13.9 Å². The maximum Gasteiger partial charge on any atom is 0.355 e. The van der Waals surface area contributed by atoms with Crippen LogP contribution in [0.15, 0.2) is 53.4 Å². The number of furan rings is 1. The molecule has 3 heterocycles. The Hall–Kier alpha value is -2.24. The average Bonchev–Trinajstić information content (AvgIpc) is 3.35. The van der Waals surface area contributed by atoms with Gasteiger partial charge in [0.15, 0.2) is 0 Å². The van der Waals surface area contributed by atoms with Gasteiger partial charge in [-0.15, -0.1) is 0 Å². The highest BCUT2D eigenvalue weighted by Gasteiger charge is 2.18. The number of anilines is 2. The molecule has 0 saturated heterocycles. The number of carbonyl (C=O) groups excluding carboxylic acids is 1. The fourth-order valence-corrected chi connectivity index (χ4v) is 4.22. The molecule has 1 aromatic carbocycles. The van der Waals surface area contributed by atoms with E-state index in [-0.39, 0.29) is 0 Å². The average molecular weight is 527 g/mol. The second-order valence-corrected chi connectivity index (χ2v) is 7.81. The third-order valence-corrected chi connectivity index (χ3v) is 5.98. The van der Waals surface area contributed by atoms with Crippen molar-refractivity contribution < 1.29 is 13.9 Å². The first-order valence-corrected chi connectivity index (χ1v) is 11.7. The highest BCUT2D eigenvalue weighted by molar-refractivity contribution is 14.2. The normalized spacial score (nSPS) is 11.0. The molecule has 0 atom stereocenters. The Morgan fingerprint density at radius 2 is 2.21 bits per heavy atom. The minimum absolute atomic E-state index is 0.378. The third kappa shape index (κ3) is 3.69. The Labute approximate surface area is 181 Å². The van der Waals surface area contributed by atoms with Crippen LogP contribution in [0.2, 0.25) is 5.02 Å². The van der Waals surface area contributed by atoms with Crippen LogP contribution in [-0.2, 0) is 4.74 Å². The molecule has 0 aliphatic carbocycles. The number of hydrogen-bond acceptors (Lipinski definition) is 7. The van der Waals surface area contributed by atoms with E-state index >= 15 is 0 Å². The lowest BCUT2D eigenvalue weighted by atomic mass is 10.2. The van der Waals surface area contributed by atoms with Crippen LogP contribution in [0.25, 0.3) is 22.2 Å². The van der Waals surface area contributed by atoms with E-state index in [1.165, 1.54) is 22.4 Å². The van der Waals surface area contributed by atoms with E-state index in [1.54, 1.807) is 22.5 Å². The van der Waals surface area contributed by atoms with Gasteiger partial charge in [-0.05, 0) is 30.3 Å². The molecule has 4 rings (SSSR count). The molecule has 0 saturated carbocycles. The molecule has 1 N–H and O–H groups in total. The van der Waals surface area contributed by atoms with Crippen LogP contribution >= 0.6 is 41.9 Å². The molecule has 0 aliphatic rings. The second-order valence-electron chi connectivity index (χ2n) is 5.69. The summed E-state index contributed by atoms with van der Waals surface area (Å²) in [5.74, 6) is -0.0518. The number of methoxy groups -OCH3 is 1. The summed E-state index contributed by atoms with van der Waals surface area (Å²) in [6.07, 6.45) is 4.94. The number of nitrogens with zero attached hydrogens (tertiary/aromatic N) is 3. The van der Waals surface area contributed by atoms with Crippen molar-refractivity contribution in [3.05, 3.63) is 59.7 Å². The van der Waals surface area contributed by atoms with Gasteiger partial charge in [-0.2, -0.15) is 0 Å². The zero-order valence-corrected chi connectivity index (χ0v) is 18.1. The van der Waals surface area contributed by atoms with Crippen molar-refractivity contribution in [1.29, 1.82) is 0 Å². The molecule has 0 radical (unpaired) electrons. The number of ether oxygens (including phenoxy) is 1. The Bertz CT molecular complexity index is 1180. The minimum Gasteiger partial charge on any atom is -0.464 e. The topological polar surface area (TPSA) is 82.2 Å². The lowest BCUT2D eigenvalue weighted by Gasteiger charge is -2.07. The summed E-state index contributed by atoms with van der Waals surface area (Å²) < 4.78 is 11.9. The lowest BCUT2D eigenvalue weighted by Crippen LogP contribution is -2.04. The van der Waals surface area contributed by atoms with Crippen LogP contribution in [0.5, 0.6) is 0 Å². The summed E-state index contributed by atoms with van der Waals surface area (Å²) in [5.41, 5.74) is 3.21. The standard InChI is InChI=1S/C18H12ClIN4O3S/c1-26-17(25)14-7-11(9-24(14)28-20)16-13(19)8-21-18(23-16)22-12-2-3-15-10(6-12)4-5-27-15/h2-9H,1H3,(H,21,22,23). The maximum atomic E-state index is 12.0. The highest BCUT2D eigenvalue weighted by Crippen LogP contribution is 2.32. The van der Waals surface area contributed by atoms with Crippen molar-refractivity contribution in [3.63, 3.8) is 0 Å². The van der Waals surface area contributed by atoms with Crippen molar-refractivity contribution in [3.8, 4) is 11.3 Å². The van der Waals surface area contributed by atoms with Crippen LogP contribution in [-0.4, -0.2) is 27.0 Å². The molecule has 0 fully saturated rings. The van der Waals surface area contributed by atoms with Gasteiger partial charge < -0.3 is 14.5 Å². The molecule has 3 aromatic heterocycles. The van der Waals surface area contributed by atoms with Gasteiger partial charge in [-0.25, -0.2) is 14.8 Å². The van der Waals surface area contributed by atoms with Crippen LogP contribution in [0.4, 0.5) is 11.6 Å². The van der Waals surface area contributed by atoms with Gasteiger partial charge in [0.25, 0.3) is 0 Å². The minimum atomic E-state index is -0.438. The largest absolute Gasteiger partial charge is 0.464 e. The molecule has 0 amide bonds. The van der Waals surface area contributed by atoms with Crippen molar-refractivity contribution in [2.45, 2.75) is 0 Å². The van der Waals surface area contributed by atoms with Crippen LogP contribution < -0.4 is 5.32 Å². The van der Waals surface area contributed by atoms with Gasteiger partial charge in [0.1, 0.15) is 11.3 Å². The second kappa shape index (κ2) is 8.02. The number of hydrogen-bond donors (Lipinski definition) is 1. The van der Waals surface area contributed by atoms with Crippen LogP contribution in [0.1, 0.15) is 10.5 Å². The maximum absolute atomic E-state index is 12.0. The molecule has 0 spiro atoms. The van der Waals surface area contributed by atoms with Gasteiger partial charge in [-0.1, -0.05) is 11.6 Å². The lowest BCUT2D eigenvalue weighted by molar-refractivity contribution is 0.0593. The number of benzene rings is 1. The monoisotopic (exact) mass is 526 g/mol. The van der Waals surface area contributed by atoms with E-state index in [0.29, 0.717) is 27.9 Å². The molecule has 142 valence electrons. The number of fused-ring (bicyclic) bond motifs is 1. The van der Waals surface area contributed by atoms with Crippen molar-refractivity contribution >= 4 is 70.5 Å². The SMILES string of the molecule is COC(=O)c1cc(-c2nc(Nc3ccc4occc4c3)ncc2Cl)cn1SI. The quantitative estimate of drug-likeness (QED) is 0.263. The van der Waals surface area contributed by atoms with Gasteiger partial charge in [0.2, 0.25) is 5.95 Å². The number of rotatable bonds is 5. The molecule has 7 nitrogen and oxygen atoms in total. The van der Waals surface area contributed by atoms with E-state index in [0.717, 1.165) is 16.7 Å². The van der Waals surface area contributed by atoms with Gasteiger partial charge in [-0.3, -0.25) is 3.97 Å². The summed E-state index contributed by atoms with van der Waals surface area (Å²) in [6, 6.07) is 9.26. The summed E-state index contributed by atoms with van der Waals surface area (Å²) in [4.78, 5) is 20.7. The Morgan fingerprint density at radius 1 is 1.36 bits per heavy atom. The first kappa shape index (κ1) is 19.1. The highest BCUT2D eigenvalue weighted by atomic mass is 127. The zero-order valence-electron chi connectivity index (χ0n) is 14.3. The van der Waals surface area contributed by atoms with E-state index in [4.69, 9.17) is 20.8 Å². The van der Waals surface area contributed by atoms with Gasteiger partial charge in [0.05, 0.1) is 30.3 Å². The van der Waals surface area contributed by atoms with E-state index in [2.05, 4.69) is 36.5 Å². The smallest absolute Gasteiger partial charge is 0.355 e. The van der Waals surface area contributed by atoms with Crippen molar-refractivity contribution in [2.75, 3.05) is 12.4 Å². The van der Waals surface area contributed by atoms with Crippen LogP contribution in [0, 0.1) is 0 Å². The Kier molecular flexibility index (Phi) is 5.47. The number of esters is 1. The number of carbonyl (C=O) groups is 1. The molecular weight excluding hydrogens is 515 g/mol. The fraction of sp³-hybridized carbons (Fsp3) is 0.0556. The van der Waals surface area contributed by atoms with E-state index in [1.807, 2.05) is 24.3 Å². The zero-order chi connectivity index (χ0) is 19.7. The molecular formula is C18H12ClIN4O3S. The molecule has 0 unspecified atom stereocenters. The molecule has 0 bridgehead atoms. The fourth-order valence-electron chi connectivity index (χ4n) is 2.69. The number of halogens is 2. The summed E-state index contributed by atoms with van der Waals surface area (Å²) in [6.45, 7) is 0. The predicted molar refractivity (Wildman–Crippen MR) is 118 cm³/mol. The number of aromatic nitrogens is 3. The van der Waals surface area contributed by atoms with Gasteiger partial charge in [0, 0.05) is 53.2 Å². The van der Waals surface area contributed by atoms with E-state index in [9.17, 15) is 4.79 Å². The Balaban J connectivity index is 1.69. The predicted octanol–water partition coefficient (Wildman–Crippen LogP) is 5.72. The first-order chi connectivity index (χ1) is 13.6. The first-order valence-electron chi connectivity index (χ1n) is 7.96. The Morgan fingerprint density at radius 3 is 3.00 bits per heavy atom. The molecule has 4 aromatic rings. The van der Waals surface area contributed by atoms with E-state index < -0.39 is 5.97 Å².